The third-order valence-electron chi connectivity index (χ3n) is 3.94. The van der Waals surface area contributed by atoms with Crippen molar-refractivity contribution in [3.63, 3.8) is 0 Å². The number of benzene rings is 2. The van der Waals surface area contributed by atoms with Gasteiger partial charge < -0.3 is 10.2 Å². The average molecular weight is 361 g/mol. The van der Waals surface area contributed by atoms with Crippen LogP contribution in [0, 0.1) is 11.3 Å². The maximum Gasteiger partial charge on any atom is 0.244 e. The molecule has 0 fully saturated rings. The first-order valence-electron chi connectivity index (χ1n) is 8.90. The first-order chi connectivity index (χ1) is 13.1. The van der Waals surface area contributed by atoms with Gasteiger partial charge in [0.15, 0.2) is 0 Å². The second-order valence-electron chi connectivity index (χ2n) is 6.09. The zero-order valence-corrected chi connectivity index (χ0v) is 15.4. The van der Waals surface area contributed by atoms with E-state index in [4.69, 9.17) is 5.26 Å². The summed E-state index contributed by atoms with van der Waals surface area (Å²) in [4.78, 5) is 26.1. The molecule has 0 heterocycles. The molecule has 0 bridgehead atoms. The summed E-state index contributed by atoms with van der Waals surface area (Å²) in [6.45, 7) is 3.01. The largest absolute Gasteiger partial charge is 0.343 e. The predicted molar refractivity (Wildman–Crippen MR) is 105 cm³/mol. The minimum absolute atomic E-state index is 0.0474. The van der Waals surface area contributed by atoms with Gasteiger partial charge in [0, 0.05) is 19.2 Å². The SMILES string of the molecule is CCCN(Cc1ccc(C#N)cc1)C(=O)CNC(=O)/C=C/c1ccccc1. The van der Waals surface area contributed by atoms with Crippen LogP contribution in [0.5, 0.6) is 0 Å². The highest BCUT2D eigenvalue weighted by atomic mass is 16.2. The van der Waals surface area contributed by atoms with Crippen molar-refractivity contribution in [1.29, 1.82) is 5.26 Å². The van der Waals surface area contributed by atoms with Crippen LogP contribution in [0.3, 0.4) is 0 Å². The lowest BCUT2D eigenvalue weighted by Gasteiger charge is -2.22. The summed E-state index contributed by atoms with van der Waals surface area (Å²) in [6.07, 6.45) is 3.96. The number of nitrogens with one attached hydrogen (secondary N) is 1. The lowest BCUT2D eigenvalue weighted by atomic mass is 10.1. The van der Waals surface area contributed by atoms with Crippen molar-refractivity contribution in [2.24, 2.45) is 0 Å². The van der Waals surface area contributed by atoms with E-state index in [1.165, 1.54) is 6.08 Å². The molecule has 0 aliphatic heterocycles. The fourth-order valence-electron chi connectivity index (χ4n) is 2.54. The summed E-state index contributed by atoms with van der Waals surface area (Å²) in [5, 5.41) is 11.5. The molecule has 2 amide bonds. The van der Waals surface area contributed by atoms with Crippen LogP contribution in [-0.4, -0.2) is 29.8 Å². The molecule has 0 aromatic heterocycles. The van der Waals surface area contributed by atoms with Crippen molar-refractivity contribution in [2.45, 2.75) is 19.9 Å². The van der Waals surface area contributed by atoms with Crippen molar-refractivity contribution in [3.8, 4) is 6.07 Å². The van der Waals surface area contributed by atoms with E-state index < -0.39 is 0 Å². The minimum atomic E-state index is -0.304. The number of nitriles is 1. The first kappa shape index (κ1) is 19.9. The summed E-state index contributed by atoms with van der Waals surface area (Å²) < 4.78 is 0. The van der Waals surface area contributed by atoms with Gasteiger partial charge in [0.2, 0.25) is 11.8 Å². The van der Waals surface area contributed by atoms with Gasteiger partial charge in [0.25, 0.3) is 0 Å². The molecule has 27 heavy (non-hydrogen) atoms. The third-order valence-corrected chi connectivity index (χ3v) is 3.94. The van der Waals surface area contributed by atoms with Crippen molar-refractivity contribution in [1.82, 2.24) is 10.2 Å². The zero-order chi connectivity index (χ0) is 19.5. The lowest BCUT2D eigenvalue weighted by Crippen LogP contribution is -2.39. The van der Waals surface area contributed by atoms with E-state index in [0.717, 1.165) is 17.5 Å². The summed E-state index contributed by atoms with van der Waals surface area (Å²) >= 11 is 0. The van der Waals surface area contributed by atoms with Gasteiger partial charge in [-0.25, -0.2) is 0 Å². The first-order valence-corrected chi connectivity index (χ1v) is 8.90. The summed E-state index contributed by atoms with van der Waals surface area (Å²) in [5.74, 6) is -0.440. The average Bonchev–Trinajstić information content (AvgIpc) is 2.71. The van der Waals surface area contributed by atoms with Gasteiger partial charge in [-0.2, -0.15) is 5.26 Å². The number of hydrogen-bond donors (Lipinski definition) is 1. The molecule has 0 saturated carbocycles. The molecule has 0 unspecified atom stereocenters. The van der Waals surface area contributed by atoms with Crippen LogP contribution in [-0.2, 0) is 16.1 Å². The van der Waals surface area contributed by atoms with Gasteiger partial charge in [-0.15, -0.1) is 0 Å². The minimum Gasteiger partial charge on any atom is -0.343 e. The Morgan fingerprint density at radius 1 is 1.11 bits per heavy atom. The van der Waals surface area contributed by atoms with Crippen molar-refractivity contribution in [2.75, 3.05) is 13.1 Å². The molecule has 0 spiro atoms. The normalized spacial score (nSPS) is 10.4. The van der Waals surface area contributed by atoms with Crippen LogP contribution in [0.15, 0.2) is 60.7 Å². The molecule has 5 heteroatoms. The number of carbonyl (C=O) groups is 2. The second kappa shape index (κ2) is 10.6. The van der Waals surface area contributed by atoms with Gasteiger partial charge in [0.1, 0.15) is 0 Å². The number of rotatable bonds is 8. The van der Waals surface area contributed by atoms with Crippen molar-refractivity contribution in [3.05, 3.63) is 77.4 Å². The Kier molecular flexibility index (Phi) is 7.80. The summed E-state index contributed by atoms with van der Waals surface area (Å²) in [7, 11) is 0. The molecule has 0 atom stereocenters. The smallest absolute Gasteiger partial charge is 0.244 e. The van der Waals surface area contributed by atoms with Gasteiger partial charge >= 0.3 is 0 Å². The fourth-order valence-corrected chi connectivity index (χ4v) is 2.54. The van der Waals surface area contributed by atoms with E-state index in [-0.39, 0.29) is 18.4 Å². The van der Waals surface area contributed by atoms with E-state index in [1.54, 1.807) is 23.1 Å². The molecule has 2 rings (SSSR count). The maximum absolute atomic E-state index is 12.5. The second-order valence-corrected chi connectivity index (χ2v) is 6.09. The molecule has 0 radical (unpaired) electrons. The standard InChI is InChI=1S/C22H23N3O2/c1-2-14-25(17-20-10-8-19(15-23)9-11-20)22(27)16-24-21(26)13-12-18-6-4-3-5-7-18/h3-13H,2,14,16-17H2,1H3,(H,24,26)/b13-12+. The van der Waals surface area contributed by atoms with Gasteiger partial charge in [0.05, 0.1) is 18.2 Å². The van der Waals surface area contributed by atoms with Crippen LogP contribution in [0.25, 0.3) is 6.08 Å². The highest BCUT2D eigenvalue weighted by molar-refractivity contribution is 5.94. The van der Waals surface area contributed by atoms with Gasteiger partial charge in [-0.1, -0.05) is 49.4 Å². The third kappa shape index (κ3) is 6.79. The molecule has 0 aliphatic rings. The van der Waals surface area contributed by atoms with Crippen LogP contribution < -0.4 is 5.32 Å². The predicted octanol–water partition coefficient (Wildman–Crippen LogP) is 3.13. The van der Waals surface area contributed by atoms with Crippen LogP contribution >= 0.6 is 0 Å². The number of amides is 2. The molecule has 0 aliphatic carbocycles. The molecular formula is C22H23N3O2. The Morgan fingerprint density at radius 3 is 2.44 bits per heavy atom. The zero-order valence-electron chi connectivity index (χ0n) is 15.4. The van der Waals surface area contributed by atoms with E-state index in [0.29, 0.717) is 18.7 Å². The molecular weight excluding hydrogens is 338 g/mol. The van der Waals surface area contributed by atoms with E-state index in [1.807, 2.05) is 49.4 Å². The topological polar surface area (TPSA) is 73.2 Å². The summed E-state index contributed by atoms with van der Waals surface area (Å²) in [6, 6.07) is 18.7. The Bertz CT molecular complexity index is 821. The van der Waals surface area contributed by atoms with Crippen LogP contribution in [0.2, 0.25) is 0 Å². The number of carbonyl (C=O) groups excluding carboxylic acids is 2. The van der Waals surface area contributed by atoms with Crippen molar-refractivity contribution >= 4 is 17.9 Å². The molecule has 1 N–H and O–H groups in total. The summed E-state index contributed by atoms with van der Waals surface area (Å²) in [5.41, 5.74) is 2.46. The molecule has 2 aromatic carbocycles. The molecule has 5 nitrogen and oxygen atoms in total. The van der Waals surface area contributed by atoms with Gasteiger partial charge in [-0.05, 0) is 35.8 Å². The lowest BCUT2D eigenvalue weighted by molar-refractivity contribution is -0.132. The van der Waals surface area contributed by atoms with E-state index in [9.17, 15) is 9.59 Å². The Morgan fingerprint density at radius 2 is 1.81 bits per heavy atom. The Balaban J connectivity index is 1.89. The number of hydrogen-bond acceptors (Lipinski definition) is 3. The number of nitrogens with zero attached hydrogens (tertiary/aromatic N) is 2. The monoisotopic (exact) mass is 361 g/mol. The fraction of sp³-hybridized carbons (Fsp3) is 0.227. The molecule has 2 aromatic rings. The van der Waals surface area contributed by atoms with E-state index >= 15 is 0 Å². The molecule has 138 valence electrons. The molecule has 0 saturated heterocycles. The van der Waals surface area contributed by atoms with Crippen molar-refractivity contribution < 1.29 is 9.59 Å². The highest BCUT2D eigenvalue weighted by Gasteiger charge is 2.13. The highest BCUT2D eigenvalue weighted by Crippen LogP contribution is 2.08. The Labute approximate surface area is 159 Å². The van der Waals surface area contributed by atoms with Crippen LogP contribution in [0.1, 0.15) is 30.0 Å². The van der Waals surface area contributed by atoms with Gasteiger partial charge in [-0.3, -0.25) is 9.59 Å². The van der Waals surface area contributed by atoms with E-state index in [2.05, 4.69) is 11.4 Å². The van der Waals surface area contributed by atoms with Crippen LogP contribution in [0.4, 0.5) is 0 Å². The maximum atomic E-state index is 12.5. The Hall–Kier alpha value is -3.39. The quantitative estimate of drug-likeness (QED) is 0.734.